The van der Waals surface area contributed by atoms with E-state index in [9.17, 15) is 10.1 Å². The number of hydrogen-bond acceptors (Lipinski definition) is 9. The second-order valence-electron chi connectivity index (χ2n) is 9.22. The lowest BCUT2D eigenvalue weighted by molar-refractivity contribution is -0.383. The Labute approximate surface area is 166 Å². The van der Waals surface area contributed by atoms with Gasteiger partial charge in [-0.25, -0.2) is 15.0 Å². The molecule has 10 nitrogen and oxygen atoms in total. The van der Waals surface area contributed by atoms with E-state index in [1.165, 1.54) is 6.33 Å². The Morgan fingerprint density at radius 1 is 1.11 bits per heavy atom. The van der Waals surface area contributed by atoms with Gasteiger partial charge in [0.15, 0.2) is 0 Å². The Morgan fingerprint density at radius 3 is 2.25 bits per heavy atom. The van der Waals surface area contributed by atoms with Gasteiger partial charge in [-0.1, -0.05) is 0 Å². The zero-order chi connectivity index (χ0) is 20.5. The summed E-state index contributed by atoms with van der Waals surface area (Å²) in [6.07, 6.45) is 3.07. The molecule has 2 fully saturated rings. The minimum absolute atomic E-state index is 0.0673. The summed E-state index contributed by atoms with van der Waals surface area (Å²) < 4.78 is 0. The summed E-state index contributed by atoms with van der Waals surface area (Å²) in [4.78, 5) is 22.0. The molecular formula is C18H32N8O2. The molecule has 0 radical (unpaired) electrons. The lowest BCUT2D eigenvalue weighted by Crippen LogP contribution is -2.60. The van der Waals surface area contributed by atoms with Crippen molar-refractivity contribution >= 4 is 17.3 Å². The van der Waals surface area contributed by atoms with Gasteiger partial charge in [-0.05, 0) is 47.6 Å². The zero-order valence-electron chi connectivity index (χ0n) is 17.4. The third-order valence-electron chi connectivity index (χ3n) is 5.30. The van der Waals surface area contributed by atoms with E-state index in [1.54, 1.807) is 0 Å². The van der Waals surface area contributed by atoms with Gasteiger partial charge in [-0.15, -0.1) is 0 Å². The van der Waals surface area contributed by atoms with Gasteiger partial charge < -0.3 is 15.5 Å². The van der Waals surface area contributed by atoms with Crippen molar-refractivity contribution in [2.24, 2.45) is 0 Å². The molecule has 3 heterocycles. The van der Waals surface area contributed by atoms with Crippen molar-refractivity contribution in [2.75, 3.05) is 44.0 Å². The fourth-order valence-electron chi connectivity index (χ4n) is 4.42. The van der Waals surface area contributed by atoms with Crippen LogP contribution in [0.2, 0.25) is 0 Å². The third kappa shape index (κ3) is 5.06. The van der Waals surface area contributed by atoms with Gasteiger partial charge in [0.25, 0.3) is 0 Å². The lowest BCUT2D eigenvalue weighted by Gasteiger charge is -2.46. The molecule has 1 aromatic heterocycles. The van der Waals surface area contributed by atoms with Crippen LogP contribution in [-0.2, 0) is 0 Å². The number of nitrogens with zero attached hydrogens (tertiary/aromatic N) is 5. The van der Waals surface area contributed by atoms with Crippen molar-refractivity contribution < 1.29 is 4.92 Å². The maximum Gasteiger partial charge on any atom is 0.354 e. The number of piperazine rings is 1. The highest BCUT2D eigenvalue weighted by Gasteiger charge is 2.39. The van der Waals surface area contributed by atoms with Crippen LogP contribution in [0.4, 0.5) is 17.3 Å². The minimum atomic E-state index is -0.405. The molecule has 2 aliphatic rings. The summed E-state index contributed by atoms with van der Waals surface area (Å²) in [6, 6.07) is 0.0799. The van der Waals surface area contributed by atoms with Crippen LogP contribution in [0.15, 0.2) is 6.33 Å². The van der Waals surface area contributed by atoms with E-state index in [4.69, 9.17) is 0 Å². The van der Waals surface area contributed by atoms with Gasteiger partial charge in [-0.2, -0.15) is 0 Å². The molecule has 156 valence electrons. The molecule has 0 bridgehead atoms. The van der Waals surface area contributed by atoms with Gasteiger partial charge in [-0.3, -0.25) is 15.5 Å². The van der Waals surface area contributed by atoms with Gasteiger partial charge >= 0.3 is 5.69 Å². The number of nitrogens with one attached hydrogen (secondary N) is 3. The van der Waals surface area contributed by atoms with E-state index >= 15 is 0 Å². The summed E-state index contributed by atoms with van der Waals surface area (Å²) in [5, 5.41) is 20.8. The van der Waals surface area contributed by atoms with Gasteiger partial charge in [0.05, 0.1) is 4.92 Å². The number of likely N-dealkylation sites (N-methyl/N-ethyl adjacent to an activating group) is 1. The summed E-state index contributed by atoms with van der Waals surface area (Å²) in [5.74, 6) is 0.509. The average Bonchev–Trinajstić information content (AvgIpc) is 2.54. The molecule has 0 atom stereocenters. The molecule has 0 aliphatic carbocycles. The number of aromatic nitrogens is 2. The molecule has 2 aliphatic heterocycles. The van der Waals surface area contributed by atoms with E-state index in [2.05, 4.69) is 65.7 Å². The van der Waals surface area contributed by atoms with Crippen LogP contribution >= 0.6 is 0 Å². The van der Waals surface area contributed by atoms with Gasteiger partial charge in [0.2, 0.25) is 11.6 Å². The quantitative estimate of drug-likeness (QED) is 0.509. The van der Waals surface area contributed by atoms with E-state index in [1.807, 2.05) is 5.01 Å². The van der Waals surface area contributed by atoms with Crippen LogP contribution in [0.3, 0.4) is 0 Å². The average molecular weight is 393 g/mol. The van der Waals surface area contributed by atoms with E-state index in [0.717, 1.165) is 39.0 Å². The van der Waals surface area contributed by atoms with Crippen molar-refractivity contribution in [3.05, 3.63) is 16.4 Å². The van der Waals surface area contributed by atoms with E-state index in [0.29, 0.717) is 0 Å². The molecule has 2 saturated heterocycles. The van der Waals surface area contributed by atoms with Crippen molar-refractivity contribution in [3.63, 3.8) is 0 Å². The van der Waals surface area contributed by atoms with Gasteiger partial charge in [0, 0.05) is 43.3 Å². The van der Waals surface area contributed by atoms with Crippen LogP contribution < -0.4 is 16.1 Å². The maximum absolute atomic E-state index is 11.8. The molecule has 28 heavy (non-hydrogen) atoms. The highest BCUT2D eigenvalue weighted by molar-refractivity contribution is 5.69. The second kappa shape index (κ2) is 7.76. The summed E-state index contributed by atoms with van der Waals surface area (Å²) >= 11 is 0. The van der Waals surface area contributed by atoms with Crippen LogP contribution in [-0.4, -0.2) is 75.1 Å². The first-order valence-electron chi connectivity index (χ1n) is 9.80. The highest BCUT2D eigenvalue weighted by atomic mass is 16.6. The predicted octanol–water partition coefficient (Wildman–Crippen LogP) is 1.68. The lowest BCUT2D eigenvalue weighted by atomic mass is 9.79. The molecule has 10 heteroatoms. The fourth-order valence-corrected chi connectivity index (χ4v) is 4.42. The van der Waals surface area contributed by atoms with Crippen LogP contribution in [0.25, 0.3) is 0 Å². The Kier molecular flexibility index (Phi) is 5.74. The van der Waals surface area contributed by atoms with Crippen molar-refractivity contribution in [1.29, 1.82) is 0 Å². The summed E-state index contributed by atoms with van der Waals surface area (Å²) in [5.41, 5.74) is 2.89. The molecule has 0 aromatic carbocycles. The molecule has 3 N–H and O–H groups in total. The second-order valence-corrected chi connectivity index (χ2v) is 9.22. The first kappa shape index (κ1) is 20.7. The largest absolute Gasteiger partial charge is 0.361 e. The Bertz CT molecular complexity index is 700. The highest BCUT2D eigenvalue weighted by Crippen LogP contribution is 2.34. The molecule has 0 spiro atoms. The number of hydrazine groups is 1. The number of rotatable bonds is 5. The van der Waals surface area contributed by atoms with Gasteiger partial charge in [0.1, 0.15) is 6.33 Å². The third-order valence-corrected chi connectivity index (χ3v) is 5.30. The monoisotopic (exact) mass is 392 g/mol. The van der Waals surface area contributed by atoms with Crippen LogP contribution in [0.1, 0.15) is 40.5 Å². The smallest absolute Gasteiger partial charge is 0.354 e. The van der Waals surface area contributed by atoms with E-state index < -0.39 is 4.92 Å². The van der Waals surface area contributed by atoms with Crippen LogP contribution in [0.5, 0.6) is 0 Å². The Balaban J connectivity index is 1.80. The first-order valence-corrected chi connectivity index (χ1v) is 9.80. The molecular weight excluding hydrogens is 360 g/mol. The first-order chi connectivity index (χ1) is 13.0. The van der Waals surface area contributed by atoms with E-state index in [-0.39, 0.29) is 34.4 Å². The fraction of sp³-hybridized carbons (Fsp3) is 0.778. The zero-order valence-corrected chi connectivity index (χ0v) is 17.4. The SMILES string of the molecule is CN1CCN(Nc2ncnc(NC3CC(C)(C)NC(C)(C)C3)c2[N+](=O)[O-])CC1. The summed E-state index contributed by atoms with van der Waals surface area (Å²) in [6.45, 7) is 11.9. The Morgan fingerprint density at radius 2 is 1.68 bits per heavy atom. The van der Waals surface area contributed by atoms with Crippen LogP contribution in [0, 0.1) is 10.1 Å². The minimum Gasteiger partial charge on any atom is -0.361 e. The molecule has 0 saturated carbocycles. The number of anilines is 2. The Hall–Kier alpha value is -2.04. The van der Waals surface area contributed by atoms with Crippen molar-refractivity contribution in [3.8, 4) is 0 Å². The number of piperidine rings is 1. The topological polar surface area (TPSA) is 111 Å². The number of hydrogen-bond donors (Lipinski definition) is 3. The normalized spacial score (nSPS) is 23.3. The van der Waals surface area contributed by atoms with Crippen molar-refractivity contribution in [2.45, 2.75) is 57.7 Å². The van der Waals surface area contributed by atoms with Crippen molar-refractivity contribution in [1.82, 2.24) is 25.2 Å². The summed E-state index contributed by atoms with van der Waals surface area (Å²) in [7, 11) is 2.06. The molecule has 0 unspecified atom stereocenters. The molecule has 1 aromatic rings. The molecule has 3 rings (SSSR count). The number of nitro groups is 1. The predicted molar refractivity (Wildman–Crippen MR) is 109 cm³/mol. The standard InChI is InChI=1S/C18H32N8O2/c1-17(2)10-13(11-18(3,4)23-17)21-15-14(26(27)28)16(20-12-19-15)22-25-8-6-24(5)7-9-25/h12-13,23H,6-11H2,1-5H3,(H2,19,20,21,22). The maximum atomic E-state index is 11.8. The molecule has 0 amide bonds.